The normalized spacial score (nSPS) is 18.3. The van der Waals surface area contributed by atoms with E-state index in [9.17, 15) is 19.1 Å². The second-order valence-corrected chi connectivity index (χ2v) is 9.76. The minimum Gasteiger partial charge on any atom is -0.472 e. The lowest BCUT2D eigenvalue weighted by molar-refractivity contribution is 0.0313. The molecule has 0 spiro atoms. The number of aromatic nitrogens is 1. The molecular weight excluding hydrogens is 473 g/mol. The lowest BCUT2D eigenvalue weighted by Crippen LogP contribution is -2.50. The molecule has 1 aliphatic heterocycles. The van der Waals surface area contributed by atoms with Gasteiger partial charge in [0.15, 0.2) is 0 Å². The van der Waals surface area contributed by atoms with Crippen LogP contribution in [-0.4, -0.2) is 70.6 Å². The molecule has 0 fully saturated rings. The van der Waals surface area contributed by atoms with Gasteiger partial charge in [0.25, 0.3) is 11.8 Å². The maximum Gasteiger partial charge on any atom is 0.259 e. The van der Waals surface area contributed by atoms with Crippen molar-refractivity contribution in [3.63, 3.8) is 0 Å². The first-order valence-corrected chi connectivity index (χ1v) is 12.3. The van der Waals surface area contributed by atoms with E-state index in [1.54, 1.807) is 31.1 Å². The van der Waals surface area contributed by atoms with Crippen LogP contribution in [0, 0.1) is 18.7 Å². The average molecular weight is 506 g/mol. The van der Waals surface area contributed by atoms with Gasteiger partial charge in [0, 0.05) is 36.8 Å². The number of aliphatic hydroxyl groups is 1. The average Bonchev–Trinajstić information content (AvgIpc) is 2.90. The number of pyridine rings is 1. The minimum absolute atomic E-state index is 0.173. The smallest absolute Gasteiger partial charge is 0.259 e. The van der Waals surface area contributed by atoms with Crippen molar-refractivity contribution in [2.75, 3.05) is 26.7 Å². The predicted octanol–water partition coefficient (Wildman–Crippen LogP) is 4.19. The molecule has 194 valence electrons. The Labute approximate surface area is 216 Å². The van der Waals surface area contributed by atoms with Crippen LogP contribution < -0.4 is 4.74 Å². The van der Waals surface area contributed by atoms with E-state index in [2.05, 4.69) is 4.98 Å². The zero-order valence-electron chi connectivity index (χ0n) is 21.5. The van der Waals surface area contributed by atoms with Crippen LogP contribution in [0.2, 0.25) is 0 Å². The number of carbonyl (C=O) groups is 2. The molecule has 2 aromatic carbocycles. The van der Waals surface area contributed by atoms with Gasteiger partial charge in [-0.05, 0) is 49.7 Å². The van der Waals surface area contributed by atoms with Crippen LogP contribution >= 0.6 is 0 Å². The molecule has 0 saturated heterocycles. The highest BCUT2D eigenvalue weighted by Crippen LogP contribution is 2.30. The molecule has 1 aromatic heterocycles. The van der Waals surface area contributed by atoms with Gasteiger partial charge in [-0.25, -0.2) is 9.37 Å². The molecule has 0 aliphatic carbocycles. The summed E-state index contributed by atoms with van der Waals surface area (Å²) in [4.78, 5) is 34.3. The number of aliphatic hydroxyl groups excluding tert-OH is 1. The maximum atomic E-state index is 13.6. The fourth-order valence-electron chi connectivity index (χ4n) is 4.39. The van der Waals surface area contributed by atoms with Gasteiger partial charge in [-0.1, -0.05) is 36.8 Å². The molecule has 2 heterocycles. The molecule has 3 aromatic rings. The Morgan fingerprint density at radius 1 is 1.19 bits per heavy atom. The van der Waals surface area contributed by atoms with Gasteiger partial charge >= 0.3 is 0 Å². The van der Waals surface area contributed by atoms with Crippen molar-refractivity contribution >= 4 is 11.8 Å². The fourth-order valence-corrected chi connectivity index (χ4v) is 4.39. The predicted molar refractivity (Wildman–Crippen MR) is 139 cm³/mol. The van der Waals surface area contributed by atoms with Crippen molar-refractivity contribution < 1.29 is 23.8 Å². The van der Waals surface area contributed by atoms with Gasteiger partial charge in [-0.15, -0.1) is 0 Å². The monoisotopic (exact) mass is 505 g/mol. The summed E-state index contributed by atoms with van der Waals surface area (Å²) in [6.07, 6.45) is 1.19. The number of amides is 2. The number of ether oxygens (including phenoxy) is 1. The molecule has 2 amide bonds. The summed E-state index contributed by atoms with van der Waals surface area (Å²) >= 11 is 0. The number of aryl methyl sites for hydroxylation is 1. The minimum atomic E-state index is -0.479. The molecule has 0 saturated carbocycles. The molecule has 1 N–H and O–H groups in total. The molecule has 1 aliphatic rings. The number of benzene rings is 2. The van der Waals surface area contributed by atoms with Crippen LogP contribution in [0.25, 0.3) is 11.1 Å². The van der Waals surface area contributed by atoms with Crippen molar-refractivity contribution in [2.24, 2.45) is 5.92 Å². The highest BCUT2D eigenvalue weighted by Gasteiger charge is 2.35. The first kappa shape index (κ1) is 26.3. The van der Waals surface area contributed by atoms with Crippen LogP contribution in [0.3, 0.4) is 0 Å². The Hall–Kier alpha value is -3.78. The summed E-state index contributed by atoms with van der Waals surface area (Å²) in [7, 11) is 1.66. The molecule has 37 heavy (non-hydrogen) atoms. The van der Waals surface area contributed by atoms with Crippen LogP contribution in [0.15, 0.2) is 60.8 Å². The van der Waals surface area contributed by atoms with Gasteiger partial charge in [-0.2, -0.15) is 0 Å². The Morgan fingerprint density at radius 3 is 2.51 bits per heavy atom. The number of rotatable bonds is 6. The second-order valence-electron chi connectivity index (χ2n) is 9.76. The number of carbonyl (C=O) groups excluding carboxylic acids is 2. The molecule has 7 nitrogen and oxygen atoms in total. The maximum absolute atomic E-state index is 13.6. The number of hydrogen-bond donors (Lipinski definition) is 1. The highest BCUT2D eigenvalue weighted by molar-refractivity contribution is 5.98. The Morgan fingerprint density at radius 2 is 1.86 bits per heavy atom. The van der Waals surface area contributed by atoms with Crippen LogP contribution in [0.5, 0.6) is 5.88 Å². The molecule has 0 radical (unpaired) electrons. The first-order chi connectivity index (χ1) is 17.7. The summed E-state index contributed by atoms with van der Waals surface area (Å²) in [5.41, 5.74) is 3.51. The van der Waals surface area contributed by atoms with Crippen molar-refractivity contribution in [3.8, 4) is 17.0 Å². The molecule has 0 bridgehead atoms. The van der Waals surface area contributed by atoms with Crippen LogP contribution in [0.4, 0.5) is 4.39 Å². The number of hydrogen-bond acceptors (Lipinski definition) is 5. The van der Waals surface area contributed by atoms with Gasteiger partial charge in [-0.3, -0.25) is 9.59 Å². The van der Waals surface area contributed by atoms with Gasteiger partial charge in [0.1, 0.15) is 17.5 Å². The molecular formula is C29H32FN3O4. The Kier molecular flexibility index (Phi) is 7.88. The van der Waals surface area contributed by atoms with Gasteiger partial charge in [0.2, 0.25) is 5.88 Å². The summed E-state index contributed by atoms with van der Waals surface area (Å²) in [6.45, 7) is 6.12. The van der Waals surface area contributed by atoms with E-state index in [0.717, 1.165) is 16.7 Å². The zero-order chi connectivity index (χ0) is 26.7. The Balaban J connectivity index is 1.67. The number of fused-ring (bicyclic) bond motifs is 1. The third-order valence-corrected chi connectivity index (χ3v) is 6.80. The third kappa shape index (κ3) is 5.80. The number of halogens is 1. The Bertz CT molecular complexity index is 1260. The number of likely N-dealkylation sites (N-methyl/N-ethyl adjacent to an activating group) is 1. The summed E-state index contributed by atoms with van der Waals surface area (Å²) in [5, 5.41) is 9.87. The topological polar surface area (TPSA) is 83.0 Å². The molecule has 8 heteroatoms. The molecule has 3 atom stereocenters. The van der Waals surface area contributed by atoms with Crippen LogP contribution in [-0.2, 0) is 0 Å². The zero-order valence-corrected chi connectivity index (χ0v) is 21.5. The lowest BCUT2D eigenvalue weighted by Gasteiger charge is -2.37. The second kappa shape index (κ2) is 11.1. The molecule has 0 unspecified atom stereocenters. The van der Waals surface area contributed by atoms with Crippen LogP contribution in [0.1, 0.15) is 40.1 Å². The summed E-state index contributed by atoms with van der Waals surface area (Å²) in [5.74, 6) is -0.925. The summed E-state index contributed by atoms with van der Waals surface area (Å²) in [6, 6.07) is 14.7. The lowest BCUT2D eigenvalue weighted by atomic mass is 9.98. The van der Waals surface area contributed by atoms with E-state index in [1.807, 2.05) is 38.1 Å². The van der Waals surface area contributed by atoms with E-state index < -0.39 is 18.0 Å². The highest BCUT2D eigenvalue weighted by atomic mass is 19.1. The first-order valence-electron chi connectivity index (χ1n) is 12.3. The van der Waals surface area contributed by atoms with E-state index in [-0.39, 0.29) is 36.8 Å². The summed E-state index contributed by atoms with van der Waals surface area (Å²) < 4.78 is 19.6. The van der Waals surface area contributed by atoms with E-state index >= 15 is 0 Å². The fraction of sp³-hybridized carbons (Fsp3) is 0.345. The third-order valence-electron chi connectivity index (χ3n) is 6.80. The van der Waals surface area contributed by atoms with E-state index in [4.69, 9.17) is 4.74 Å². The number of nitrogens with zero attached hydrogens (tertiary/aromatic N) is 3. The van der Waals surface area contributed by atoms with Gasteiger partial charge < -0.3 is 19.6 Å². The van der Waals surface area contributed by atoms with Crippen molar-refractivity contribution in [1.82, 2.24) is 14.8 Å². The molecule has 4 rings (SSSR count). The van der Waals surface area contributed by atoms with E-state index in [1.165, 1.54) is 29.2 Å². The SMILES string of the molecule is Cc1ccc(-c2cnc3c(c2)C(=O)N([C@@H](C)CO)C[C@@H](C)[C@H](CN(C)C(=O)c2ccc(F)cc2)O3)cc1. The van der Waals surface area contributed by atoms with Crippen molar-refractivity contribution in [3.05, 3.63) is 83.3 Å². The largest absolute Gasteiger partial charge is 0.472 e. The van der Waals surface area contributed by atoms with E-state index in [0.29, 0.717) is 17.7 Å². The van der Waals surface area contributed by atoms with Crippen molar-refractivity contribution in [2.45, 2.75) is 32.9 Å². The standard InChI is InChI=1S/C29H32FN3O4/c1-18-5-7-21(8-6-18)23-13-25-27(31-14-23)37-26(19(2)15-33(29(25)36)20(3)17-34)16-32(4)28(35)22-9-11-24(30)12-10-22/h5-14,19-20,26,34H,15-17H2,1-4H3/t19-,20+,26+/m1/s1. The van der Waals surface area contributed by atoms with Gasteiger partial charge in [0.05, 0.1) is 19.2 Å². The van der Waals surface area contributed by atoms with Crippen molar-refractivity contribution in [1.29, 1.82) is 0 Å². The quantitative estimate of drug-likeness (QED) is 0.543.